The van der Waals surface area contributed by atoms with Crippen LogP contribution in [0.3, 0.4) is 0 Å². The van der Waals surface area contributed by atoms with Gasteiger partial charge in [0.1, 0.15) is 11.9 Å². The summed E-state index contributed by atoms with van der Waals surface area (Å²) in [6.07, 6.45) is 0.0293. The number of phenolic OH excluding ortho intramolecular Hbond substituents is 1. The first-order chi connectivity index (χ1) is 9.06. The van der Waals surface area contributed by atoms with Crippen molar-refractivity contribution >= 4 is 5.78 Å². The van der Waals surface area contributed by atoms with Crippen LogP contribution in [-0.2, 0) is 16.0 Å². The SMILES string of the molecule is CC(C)N1CCOC(C(=O)Cc2ccc(O)cc2)C1. The first kappa shape index (κ1) is 14.0. The fourth-order valence-electron chi connectivity index (χ4n) is 2.26. The molecule has 4 nitrogen and oxygen atoms in total. The number of hydrogen-bond acceptors (Lipinski definition) is 4. The molecule has 104 valence electrons. The van der Waals surface area contributed by atoms with Crippen LogP contribution in [0, 0.1) is 0 Å². The van der Waals surface area contributed by atoms with Crippen molar-refractivity contribution in [1.82, 2.24) is 4.90 Å². The number of hydrogen-bond donors (Lipinski definition) is 1. The third-order valence-electron chi connectivity index (χ3n) is 3.50. The smallest absolute Gasteiger partial charge is 0.167 e. The van der Waals surface area contributed by atoms with Crippen LogP contribution < -0.4 is 0 Å². The van der Waals surface area contributed by atoms with Gasteiger partial charge >= 0.3 is 0 Å². The van der Waals surface area contributed by atoms with Gasteiger partial charge in [-0.3, -0.25) is 9.69 Å². The minimum Gasteiger partial charge on any atom is -0.508 e. The monoisotopic (exact) mass is 263 g/mol. The van der Waals surface area contributed by atoms with Crippen molar-refractivity contribution < 1.29 is 14.6 Å². The number of rotatable bonds is 4. The zero-order chi connectivity index (χ0) is 13.8. The second-order valence-corrected chi connectivity index (χ2v) is 5.26. The van der Waals surface area contributed by atoms with Gasteiger partial charge in [0.05, 0.1) is 6.61 Å². The molecule has 0 radical (unpaired) electrons. The van der Waals surface area contributed by atoms with Crippen LogP contribution in [0.5, 0.6) is 5.75 Å². The molecule has 1 aromatic rings. The average Bonchev–Trinajstić information content (AvgIpc) is 2.41. The van der Waals surface area contributed by atoms with Crippen LogP contribution >= 0.6 is 0 Å². The molecule has 19 heavy (non-hydrogen) atoms. The summed E-state index contributed by atoms with van der Waals surface area (Å²) < 4.78 is 5.58. The number of benzene rings is 1. The second-order valence-electron chi connectivity index (χ2n) is 5.26. The largest absolute Gasteiger partial charge is 0.508 e. The maximum absolute atomic E-state index is 12.2. The van der Waals surface area contributed by atoms with Gasteiger partial charge < -0.3 is 9.84 Å². The lowest BCUT2D eigenvalue weighted by Crippen LogP contribution is -2.49. The normalized spacial score (nSPS) is 20.7. The second kappa shape index (κ2) is 6.17. The molecule has 1 aliphatic rings. The molecule has 0 spiro atoms. The van der Waals surface area contributed by atoms with Crippen LogP contribution in [0.25, 0.3) is 0 Å². The molecule has 0 aliphatic carbocycles. The number of nitrogens with zero attached hydrogens (tertiary/aromatic N) is 1. The van der Waals surface area contributed by atoms with Crippen LogP contribution in [-0.4, -0.2) is 47.6 Å². The van der Waals surface area contributed by atoms with Gasteiger partial charge in [-0.1, -0.05) is 12.1 Å². The molecule has 1 atom stereocenters. The van der Waals surface area contributed by atoms with E-state index in [2.05, 4.69) is 18.7 Å². The minimum atomic E-state index is -0.329. The van der Waals surface area contributed by atoms with Gasteiger partial charge in [0, 0.05) is 25.6 Å². The fraction of sp³-hybridized carbons (Fsp3) is 0.533. The molecule has 0 bridgehead atoms. The van der Waals surface area contributed by atoms with Crippen molar-refractivity contribution in [2.75, 3.05) is 19.7 Å². The molecule has 0 saturated carbocycles. The topological polar surface area (TPSA) is 49.8 Å². The number of morpholine rings is 1. The average molecular weight is 263 g/mol. The maximum atomic E-state index is 12.2. The zero-order valence-corrected chi connectivity index (χ0v) is 11.5. The van der Waals surface area contributed by atoms with E-state index in [0.29, 0.717) is 25.6 Å². The maximum Gasteiger partial charge on any atom is 0.167 e. The third kappa shape index (κ3) is 3.78. The van der Waals surface area contributed by atoms with E-state index in [-0.39, 0.29) is 17.6 Å². The Morgan fingerprint density at radius 2 is 2.11 bits per heavy atom. The summed E-state index contributed by atoms with van der Waals surface area (Å²) in [5.74, 6) is 0.326. The highest BCUT2D eigenvalue weighted by molar-refractivity contribution is 5.85. The molecule has 1 aromatic carbocycles. The van der Waals surface area contributed by atoms with E-state index in [1.165, 1.54) is 0 Å². The van der Waals surface area contributed by atoms with Crippen LogP contribution in [0.4, 0.5) is 0 Å². The summed E-state index contributed by atoms with van der Waals surface area (Å²) in [6, 6.07) is 7.19. The van der Waals surface area contributed by atoms with E-state index in [1.54, 1.807) is 24.3 Å². The Bertz CT molecular complexity index is 428. The Balaban J connectivity index is 1.94. The summed E-state index contributed by atoms with van der Waals surface area (Å²) in [5.41, 5.74) is 0.910. The highest BCUT2D eigenvalue weighted by atomic mass is 16.5. The molecule has 2 rings (SSSR count). The standard InChI is InChI=1S/C15H21NO3/c1-11(2)16-7-8-19-15(10-16)14(18)9-12-3-5-13(17)6-4-12/h3-6,11,15,17H,7-10H2,1-2H3. The van der Waals surface area contributed by atoms with Crippen molar-refractivity contribution in [1.29, 1.82) is 0 Å². The first-order valence-electron chi connectivity index (χ1n) is 6.72. The molecule has 1 heterocycles. The number of carbonyl (C=O) groups excluding carboxylic acids is 1. The number of aromatic hydroxyl groups is 1. The first-order valence-corrected chi connectivity index (χ1v) is 6.72. The lowest BCUT2D eigenvalue weighted by Gasteiger charge is -2.34. The molecule has 0 aromatic heterocycles. The number of phenols is 1. The van der Waals surface area contributed by atoms with Crippen LogP contribution in [0.15, 0.2) is 24.3 Å². The third-order valence-corrected chi connectivity index (χ3v) is 3.50. The summed E-state index contributed by atoms with van der Waals surface area (Å²) in [4.78, 5) is 14.5. The number of ketones is 1. The molecule has 1 fully saturated rings. The molecular formula is C15H21NO3. The van der Waals surface area contributed by atoms with Crippen molar-refractivity contribution in [3.8, 4) is 5.75 Å². The predicted molar refractivity (Wildman–Crippen MR) is 73.3 cm³/mol. The molecule has 4 heteroatoms. The number of Topliss-reactive ketones (excluding diaryl/α,β-unsaturated/α-hetero) is 1. The van der Waals surface area contributed by atoms with Gasteiger partial charge in [-0.05, 0) is 31.5 Å². The summed E-state index contributed by atoms with van der Waals surface area (Å²) in [7, 11) is 0. The Hall–Kier alpha value is -1.39. The Morgan fingerprint density at radius 1 is 1.42 bits per heavy atom. The van der Waals surface area contributed by atoms with Crippen molar-refractivity contribution in [3.05, 3.63) is 29.8 Å². The van der Waals surface area contributed by atoms with Crippen molar-refractivity contribution in [2.45, 2.75) is 32.4 Å². The quantitative estimate of drug-likeness (QED) is 0.896. The molecule has 1 aliphatic heterocycles. The Kier molecular flexibility index (Phi) is 4.56. The van der Waals surface area contributed by atoms with Gasteiger partial charge in [0.25, 0.3) is 0 Å². The van der Waals surface area contributed by atoms with E-state index in [4.69, 9.17) is 4.74 Å². The predicted octanol–water partition coefficient (Wildman–Crippen LogP) is 1.61. The van der Waals surface area contributed by atoms with Crippen molar-refractivity contribution in [3.63, 3.8) is 0 Å². The molecule has 1 N–H and O–H groups in total. The number of ether oxygens (including phenoxy) is 1. The van der Waals surface area contributed by atoms with Crippen molar-refractivity contribution in [2.24, 2.45) is 0 Å². The Morgan fingerprint density at radius 3 is 2.74 bits per heavy atom. The summed E-state index contributed by atoms with van der Waals surface area (Å²) >= 11 is 0. The molecule has 0 amide bonds. The summed E-state index contributed by atoms with van der Waals surface area (Å²) in [5, 5.41) is 9.22. The van der Waals surface area contributed by atoms with E-state index in [0.717, 1.165) is 12.1 Å². The van der Waals surface area contributed by atoms with E-state index < -0.39 is 0 Å². The van der Waals surface area contributed by atoms with Gasteiger partial charge in [-0.15, -0.1) is 0 Å². The highest BCUT2D eigenvalue weighted by Gasteiger charge is 2.27. The number of carbonyl (C=O) groups is 1. The molecule has 1 saturated heterocycles. The lowest BCUT2D eigenvalue weighted by molar-refractivity contribution is -0.136. The van der Waals surface area contributed by atoms with Crippen LogP contribution in [0.1, 0.15) is 19.4 Å². The van der Waals surface area contributed by atoms with Crippen LogP contribution in [0.2, 0.25) is 0 Å². The zero-order valence-electron chi connectivity index (χ0n) is 11.5. The highest BCUT2D eigenvalue weighted by Crippen LogP contribution is 2.14. The minimum absolute atomic E-state index is 0.107. The van der Waals surface area contributed by atoms with Gasteiger partial charge in [0.15, 0.2) is 5.78 Å². The fourth-order valence-corrected chi connectivity index (χ4v) is 2.26. The van der Waals surface area contributed by atoms with Gasteiger partial charge in [0.2, 0.25) is 0 Å². The van der Waals surface area contributed by atoms with E-state index in [9.17, 15) is 9.90 Å². The lowest BCUT2D eigenvalue weighted by atomic mass is 10.0. The van der Waals surface area contributed by atoms with Gasteiger partial charge in [-0.25, -0.2) is 0 Å². The van der Waals surface area contributed by atoms with Gasteiger partial charge in [-0.2, -0.15) is 0 Å². The summed E-state index contributed by atoms with van der Waals surface area (Å²) in [6.45, 7) is 6.44. The Labute approximate surface area is 114 Å². The van der Waals surface area contributed by atoms with E-state index in [1.807, 2.05) is 0 Å². The van der Waals surface area contributed by atoms with E-state index >= 15 is 0 Å². The molecule has 1 unspecified atom stereocenters. The molecular weight excluding hydrogens is 242 g/mol.